The number of rotatable bonds is 4. The first-order chi connectivity index (χ1) is 7.97. The minimum absolute atomic E-state index is 0.0946. The molecule has 0 atom stereocenters. The molecule has 5 heteroatoms. The summed E-state index contributed by atoms with van der Waals surface area (Å²) in [7, 11) is -3.14. The summed E-state index contributed by atoms with van der Waals surface area (Å²) in [5.41, 5.74) is 0.909. The first-order valence-electron chi connectivity index (χ1n) is 5.53. The van der Waals surface area contributed by atoms with Gasteiger partial charge in [-0.15, -0.1) is 0 Å². The van der Waals surface area contributed by atoms with Crippen LogP contribution in [0, 0.1) is 5.92 Å². The number of carbonyl (C=O) groups is 1. The Hall–Kier alpha value is -1.36. The van der Waals surface area contributed by atoms with Crippen molar-refractivity contribution in [1.82, 2.24) is 5.32 Å². The molecular weight excluding hydrogens is 238 g/mol. The summed E-state index contributed by atoms with van der Waals surface area (Å²) in [5, 5.41) is 2.83. The first-order valence-corrected chi connectivity index (χ1v) is 7.42. The van der Waals surface area contributed by atoms with Gasteiger partial charge in [0.15, 0.2) is 9.84 Å². The van der Waals surface area contributed by atoms with Crippen LogP contribution in [0.1, 0.15) is 18.4 Å². The van der Waals surface area contributed by atoms with Gasteiger partial charge in [0.05, 0.1) is 4.90 Å². The normalized spacial score (nSPS) is 15.6. The van der Waals surface area contributed by atoms with Gasteiger partial charge in [0.25, 0.3) is 0 Å². The topological polar surface area (TPSA) is 63.2 Å². The van der Waals surface area contributed by atoms with Crippen molar-refractivity contribution in [1.29, 1.82) is 0 Å². The number of nitrogens with one attached hydrogen (secondary N) is 1. The van der Waals surface area contributed by atoms with E-state index in [9.17, 15) is 13.2 Å². The third-order valence-corrected chi connectivity index (χ3v) is 3.89. The van der Waals surface area contributed by atoms with E-state index in [1.54, 1.807) is 24.3 Å². The van der Waals surface area contributed by atoms with Crippen molar-refractivity contribution < 1.29 is 13.2 Å². The lowest BCUT2D eigenvalue weighted by Gasteiger charge is -2.05. The lowest BCUT2D eigenvalue weighted by Crippen LogP contribution is -2.24. The monoisotopic (exact) mass is 253 g/mol. The van der Waals surface area contributed by atoms with Crippen LogP contribution < -0.4 is 5.32 Å². The molecule has 2 rings (SSSR count). The summed E-state index contributed by atoms with van der Waals surface area (Å²) < 4.78 is 22.5. The van der Waals surface area contributed by atoms with Crippen LogP contribution >= 0.6 is 0 Å². The molecule has 1 aromatic carbocycles. The Morgan fingerprint density at radius 1 is 1.29 bits per heavy atom. The summed E-state index contributed by atoms with van der Waals surface area (Å²) in [4.78, 5) is 11.7. The van der Waals surface area contributed by atoms with E-state index in [2.05, 4.69) is 5.32 Å². The van der Waals surface area contributed by atoms with Gasteiger partial charge in [-0.2, -0.15) is 0 Å². The summed E-state index contributed by atoms with van der Waals surface area (Å²) in [6.45, 7) is 0.458. The molecule has 0 aliphatic heterocycles. The van der Waals surface area contributed by atoms with Gasteiger partial charge in [-0.25, -0.2) is 8.42 Å². The van der Waals surface area contributed by atoms with Crippen LogP contribution in [0.5, 0.6) is 0 Å². The van der Waals surface area contributed by atoms with E-state index in [1.165, 1.54) is 6.26 Å². The quantitative estimate of drug-likeness (QED) is 0.874. The first kappa shape index (κ1) is 12.1. The van der Waals surface area contributed by atoms with Crippen molar-refractivity contribution >= 4 is 15.7 Å². The fourth-order valence-electron chi connectivity index (χ4n) is 1.53. The highest BCUT2D eigenvalue weighted by atomic mass is 32.2. The number of hydrogen-bond acceptors (Lipinski definition) is 3. The molecule has 1 amide bonds. The Morgan fingerprint density at radius 2 is 1.88 bits per heavy atom. The Labute approximate surface area is 101 Å². The van der Waals surface area contributed by atoms with E-state index in [0.717, 1.165) is 18.4 Å². The second kappa shape index (κ2) is 4.49. The van der Waals surface area contributed by atoms with Gasteiger partial charge in [0.1, 0.15) is 0 Å². The van der Waals surface area contributed by atoms with Crippen LogP contribution in [0.15, 0.2) is 29.2 Å². The molecule has 92 valence electrons. The molecule has 1 aromatic rings. The smallest absolute Gasteiger partial charge is 0.223 e. The number of amides is 1. The maximum atomic E-state index is 11.4. The zero-order chi connectivity index (χ0) is 12.5. The van der Waals surface area contributed by atoms with Crippen LogP contribution in [0.3, 0.4) is 0 Å². The molecule has 17 heavy (non-hydrogen) atoms. The van der Waals surface area contributed by atoms with Crippen LogP contribution in [-0.4, -0.2) is 20.6 Å². The zero-order valence-electron chi connectivity index (χ0n) is 9.64. The minimum atomic E-state index is -3.14. The Kier molecular flexibility index (Phi) is 3.19. The SMILES string of the molecule is CS(=O)(=O)c1ccc(CNC(=O)C2CC2)cc1. The average molecular weight is 253 g/mol. The molecule has 4 nitrogen and oxygen atoms in total. The van der Waals surface area contributed by atoms with Gasteiger partial charge in [-0.05, 0) is 30.5 Å². The lowest BCUT2D eigenvalue weighted by molar-refractivity contribution is -0.122. The second-order valence-corrected chi connectivity index (χ2v) is 6.42. The third-order valence-electron chi connectivity index (χ3n) is 2.77. The van der Waals surface area contributed by atoms with Gasteiger partial charge in [-0.1, -0.05) is 12.1 Å². The van der Waals surface area contributed by atoms with Crippen molar-refractivity contribution in [3.05, 3.63) is 29.8 Å². The van der Waals surface area contributed by atoms with E-state index >= 15 is 0 Å². The van der Waals surface area contributed by atoms with E-state index in [-0.39, 0.29) is 11.8 Å². The van der Waals surface area contributed by atoms with Gasteiger partial charge < -0.3 is 5.32 Å². The molecule has 0 heterocycles. The predicted molar refractivity (Wildman–Crippen MR) is 64.1 cm³/mol. The van der Waals surface area contributed by atoms with Crippen LogP contribution in [0.4, 0.5) is 0 Å². The maximum absolute atomic E-state index is 11.4. The van der Waals surface area contributed by atoms with Crippen molar-refractivity contribution in [2.75, 3.05) is 6.26 Å². The summed E-state index contributed by atoms with van der Waals surface area (Å²) >= 11 is 0. The van der Waals surface area contributed by atoms with E-state index in [0.29, 0.717) is 11.4 Å². The Balaban J connectivity index is 1.96. The standard InChI is InChI=1S/C12H15NO3S/c1-17(15,16)11-6-2-9(3-7-11)8-13-12(14)10-4-5-10/h2-3,6-7,10H,4-5,8H2,1H3,(H,13,14). The van der Waals surface area contributed by atoms with E-state index in [4.69, 9.17) is 0 Å². The van der Waals surface area contributed by atoms with Crippen molar-refractivity contribution in [3.8, 4) is 0 Å². The highest BCUT2D eigenvalue weighted by molar-refractivity contribution is 7.90. The molecule has 0 bridgehead atoms. The van der Waals surface area contributed by atoms with E-state index < -0.39 is 9.84 Å². The molecule has 0 unspecified atom stereocenters. The van der Waals surface area contributed by atoms with Crippen molar-refractivity contribution in [2.24, 2.45) is 5.92 Å². The summed E-state index contributed by atoms with van der Waals surface area (Å²) in [6, 6.07) is 6.58. The third kappa shape index (κ3) is 3.30. The molecule has 0 aromatic heterocycles. The average Bonchev–Trinajstić information content (AvgIpc) is 3.09. The molecule has 0 spiro atoms. The molecule has 1 fully saturated rings. The molecular formula is C12H15NO3S. The maximum Gasteiger partial charge on any atom is 0.223 e. The highest BCUT2D eigenvalue weighted by Gasteiger charge is 2.29. The molecule has 0 saturated heterocycles. The van der Waals surface area contributed by atoms with Crippen LogP contribution in [-0.2, 0) is 21.2 Å². The van der Waals surface area contributed by atoms with Crippen molar-refractivity contribution in [2.45, 2.75) is 24.3 Å². The number of carbonyl (C=O) groups excluding carboxylic acids is 1. The fourth-order valence-corrected chi connectivity index (χ4v) is 2.16. The van der Waals surface area contributed by atoms with Gasteiger partial charge in [0, 0.05) is 18.7 Å². The van der Waals surface area contributed by atoms with Crippen LogP contribution in [0.25, 0.3) is 0 Å². The number of sulfone groups is 1. The number of hydrogen-bond donors (Lipinski definition) is 1. The molecule has 1 saturated carbocycles. The van der Waals surface area contributed by atoms with E-state index in [1.807, 2.05) is 0 Å². The number of benzene rings is 1. The Bertz CT molecular complexity index is 515. The molecule has 1 aliphatic rings. The zero-order valence-corrected chi connectivity index (χ0v) is 10.5. The van der Waals surface area contributed by atoms with Gasteiger partial charge in [0.2, 0.25) is 5.91 Å². The molecule has 1 N–H and O–H groups in total. The fraction of sp³-hybridized carbons (Fsp3) is 0.417. The van der Waals surface area contributed by atoms with Crippen LogP contribution in [0.2, 0.25) is 0 Å². The Morgan fingerprint density at radius 3 is 2.35 bits per heavy atom. The molecule has 1 aliphatic carbocycles. The summed E-state index contributed by atoms with van der Waals surface area (Å²) in [6.07, 6.45) is 3.15. The van der Waals surface area contributed by atoms with Gasteiger partial charge in [-0.3, -0.25) is 4.79 Å². The second-order valence-electron chi connectivity index (χ2n) is 4.41. The largest absolute Gasteiger partial charge is 0.352 e. The highest BCUT2D eigenvalue weighted by Crippen LogP contribution is 2.28. The predicted octanol–water partition coefficient (Wildman–Crippen LogP) is 1.12. The van der Waals surface area contributed by atoms with Gasteiger partial charge >= 0.3 is 0 Å². The summed E-state index contributed by atoms with van der Waals surface area (Å²) in [5.74, 6) is 0.294. The lowest BCUT2D eigenvalue weighted by atomic mass is 10.2. The van der Waals surface area contributed by atoms with Crippen molar-refractivity contribution in [3.63, 3.8) is 0 Å². The molecule has 0 radical (unpaired) electrons. The minimum Gasteiger partial charge on any atom is -0.352 e.